The molecule has 0 radical (unpaired) electrons. The van der Waals surface area contributed by atoms with Crippen molar-refractivity contribution >= 4 is 17.3 Å². The maximum Gasteiger partial charge on any atom is 0.388 e. The van der Waals surface area contributed by atoms with Crippen molar-refractivity contribution in [3.8, 4) is 0 Å². The number of rotatable bonds is 2. The minimum Gasteiger partial charge on any atom is -0.259 e. The molecule has 0 bridgehead atoms. The second kappa shape index (κ2) is 3.90. The van der Waals surface area contributed by atoms with E-state index in [9.17, 15) is 0 Å². The van der Waals surface area contributed by atoms with Gasteiger partial charge in [-0.3, -0.25) is 10.4 Å². The Morgan fingerprint density at radius 1 is 1.45 bits per heavy atom. The van der Waals surface area contributed by atoms with E-state index in [0.29, 0.717) is 6.42 Å². The average Bonchev–Trinajstić information content (AvgIpc) is 1.86. The van der Waals surface area contributed by atoms with Gasteiger partial charge in [0, 0.05) is 23.4 Å². The lowest BCUT2D eigenvalue weighted by Gasteiger charge is -2.21. The van der Waals surface area contributed by atoms with Gasteiger partial charge in [-0.25, -0.2) is 0 Å². The maximum atomic E-state index is 8.94. The molecule has 6 nitrogen and oxygen atoms in total. The van der Waals surface area contributed by atoms with Crippen molar-refractivity contribution in [3.05, 3.63) is 0 Å². The van der Waals surface area contributed by atoms with Crippen LogP contribution in [-0.4, -0.2) is 42.5 Å². The molecule has 0 fully saturated rings. The third kappa shape index (κ3) is 3.06. The van der Waals surface area contributed by atoms with E-state index in [1.807, 2.05) is 0 Å². The molecule has 0 heterocycles. The van der Waals surface area contributed by atoms with Crippen molar-refractivity contribution < 1.29 is 25.6 Å². The molecule has 11 heavy (non-hydrogen) atoms. The van der Waals surface area contributed by atoms with Crippen molar-refractivity contribution in [1.29, 1.82) is 0 Å². The Morgan fingerprint density at radius 3 is 2.18 bits per heavy atom. The molecule has 0 spiro atoms. The lowest BCUT2D eigenvalue weighted by atomic mass is 10.5. The maximum absolute atomic E-state index is 8.94. The number of hydrogen-bond donors (Lipinski definition) is 4. The summed E-state index contributed by atoms with van der Waals surface area (Å²) in [5, 5.41) is 33.2. The van der Waals surface area contributed by atoms with E-state index < -0.39 is 15.1 Å². The first-order valence-electron chi connectivity index (χ1n) is 2.97. The van der Waals surface area contributed by atoms with E-state index in [1.54, 1.807) is 6.92 Å². The molecule has 0 aromatic rings. The van der Waals surface area contributed by atoms with Crippen LogP contribution in [0.5, 0.6) is 0 Å². The lowest BCUT2D eigenvalue weighted by molar-refractivity contribution is -1.19. The molecular weight excluding hydrogens is 172 g/mol. The van der Waals surface area contributed by atoms with Crippen LogP contribution < -0.4 is 0 Å². The van der Waals surface area contributed by atoms with Gasteiger partial charge in [0.2, 0.25) is 0 Å². The first-order chi connectivity index (χ1) is 4.91. The lowest BCUT2D eigenvalue weighted by Crippen LogP contribution is -2.52. The predicted molar refractivity (Wildman–Crippen MR) is 37.0 cm³/mol. The second-order valence-corrected chi connectivity index (χ2v) is 2.39. The zero-order chi connectivity index (χ0) is 9.07. The van der Waals surface area contributed by atoms with E-state index in [0.717, 1.165) is 0 Å². The SMILES string of the molecule is CCC[N+](O)(O)C(=S)N(O)O. The van der Waals surface area contributed by atoms with Gasteiger partial charge in [0.25, 0.3) is 0 Å². The van der Waals surface area contributed by atoms with Crippen molar-refractivity contribution in [3.63, 3.8) is 0 Å². The van der Waals surface area contributed by atoms with Crippen LogP contribution in [0.3, 0.4) is 0 Å². The predicted octanol–water partition coefficient (Wildman–Crippen LogP) is 0.357. The largest absolute Gasteiger partial charge is 0.388 e. The van der Waals surface area contributed by atoms with E-state index in [-0.39, 0.29) is 6.54 Å². The van der Waals surface area contributed by atoms with Gasteiger partial charge in [0.15, 0.2) is 0 Å². The molecule has 0 atom stereocenters. The van der Waals surface area contributed by atoms with E-state index in [1.165, 1.54) is 0 Å². The molecule has 0 aliphatic carbocycles. The fourth-order valence-electron chi connectivity index (χ4n) is 0.551. The van der Waals surface area contributed by atoms with Gasteiger partial charge in [-0.05, 0) is 0 Å². The fraction of sp³-hybridized carbons (Fsp3) is 0.750. The molecule has 0 aromatic carbocycles. The second-order valence-electron chi connectivity index (χ2n) is 2.03. The number of hydroxylamine groups is 6. The number of quaternary nitrogens is 1. The Bertz CT molecular complexity index is 149. The minimum absolute atomic E-state index is 0.101. The summed E-state index contributed by atoms with van der Waals surface area (Å²) >= 11 is 4.28. The Hall–Kier alpha value is -0.310. The summed E-state index contributed by atoms with van der Waals surface area (Å²) < 4.78 is 0. The molecule has 0 aliphatic heterocycles. The normalized spacial score (nSPS) is 11.4. The molecule has 4 N–H and O–H groups in total. The van der Waals surface area contributed by atoms with E-state index >= 15 is 0 Å². The topological polar surface area (TPSA) is 84.2 Å². The minimum atomic E-state index is -1.68. The first kappa shape index (κ1) is 10.7. The van der Waals surface area contributed by atoms with Crippen LogP contribution in [-0.2, 0) is 0 Å². The van der Waals surface area contributed by atoms with Gasteiger partial charge in [0.1, 0.15) is 6.54 Å². The molecule has 0 rings (SSSR count). The summed E-state index contributed by atoms with van der Waals surface area (Å²) in [7, 11) is 0. The zero-order valence-electron chi connectivity index (χ0n) is 6.01. The summed E-state index contributed by atoms with van der Waals surface area (Å²) in [4.78, 5) is -1.68. The van der Waals surface area contributed by atoms with Crippen LogP contribution in [0.15, 0.2) is 0 Å². The summed E-state index contributed by atoms with van der Waals surface area (Å²) in [6.45, 7) is 1.59. The van der Waals surface area contributed by atoms with Crippen LogP contribution in [0.4, 0.5) is 0 Å². The standard InChI is InChI=1S/C4H11N2O4S/c1-2-3-6(9,10)4(11)5(7)8/h7-10H,2-3H2,1H3/q+1. The third-order valence-electron chi connectivity index (χ3n) is 1.01. The number of nitrogens with zero attached hydrogens (tertiary/aromatic N) is 2. The van der Waals surface area contributed by atoms with Crippen molar-refractivity contribution in [1.82, 2.24) is 5.23 Å². The first-order valence-corrected chi connectivity index (χ1v) is 3.38. The van der Waals surface area contributed by atoms with Crippen LogP contribution in [0.2, 0.25) is 0 Å². The van der Waals surface area contributed by atoms with Crippen LogP contribution in [0.25, 0.3) is 0 Å². The Kier molecular flexibility index (Phi) is 3.79. The Labute approximate surface area is 68.9 Å². The van der Waals surface area contributed by atoms with E-state index in [4.69, 9.17) is 20.8 Å². The molecule has 7 heteroatoms. The highest BCUT2D eigenvalue weighted by molar-refractivity contribution is 7.79. The van der Waals surface area contributed by atoms with E-state index in [2.05, 4.69) is 12.2 Å². The van der Waals surface area contributed by atoms with Gasteiger partial charge in [-0.15, -0.1) is 0 Å². The van der Waals surface area contributed by atoms with Crippen molar-refractivity contribution in [2.75, 3.05) is 6.54 Å². The highest BCUT2D eigenvalue weighted by Gasteiger charge is 2.33. The van der Waals surface area contributed by atoms with Crippen molar-refractivity contribution in [2.45, 2.75) is 13.3 Å². The van der Waals surface area contributed by atoms with Gasteiger partial charge in [-0.1, -0.05) is 12.2 Å². The molecule has 0 saturated heterocycles. The Balaban J connectivity index is 4.17. The van der Waals surface area contributed by atoms with Crippen molar-refractivity contribution in [2.24, 2.45) is 0 Å². The number of hydrogen-bond acceptors (Lipinski definition) is 5. The summed E-state index contributed by atoms with van der Waals surface area (Å²) in [6, 6.07) is 0. The monoisotopic (exact) mass is 183 g/mol. The molecule has 0 unspecified atom stereocenters. The average molecular weight is 183 g/mol. The summed E-state index contributed by atoms with van der Waals surface area (Å²) in [5.41, 5.74) is 0. The van der Waals surface area contributed by atoms with Gasteiger partial charge in [-0.2, -0.15) is 10.4 Å². The number of thiocarbonyl (C=S) groups is 1. The molecule has 0 saturated carbocycles. The smallest absolute Gasteiger partial charge is 0.259 e. The molecular formula is C4H11N2O4S+. The van der Waals surface area contributed by atoms with Crippen LogP contribution >= 0.6 is 12.2 Å². The highest BCUT2D eigenvalue weighted by Crippen LogP contribution is 2.02. The zero-order valence-corrected chi connectivity index (χ0v) is 6.82. The molecule has 0 aliphatic rings. The fourth-order valence-corrected chi connectivity index (χ4v) is 0.642. The van der Waals surface area contributed by atoms with Crippen LogP contribution in [0.1, 0.15) is 13.3 Å². The molecule has 0 amide bonds. The molecule has 0 aromatic heterocycles. The quantitative estimate of drug-likeness (QED) is 0.281. The van der Waals surface area contributed by atoms with Crippen LogP contribution in [0, 0.1) is 0 Å². The van der Waals surface area contributed by atoms with Gasteiger partial charge < -0.3 is 0 Å². The summed E-state index contributed by atoms with van der Waals surface area (Å²) in [6.07, 6.45) is 0.445. The third-order valence-corrected chi connectivity index (χ3v) is 1.47. The van der Waals surface area contributed by atoms with Gasteiger partial charge in [0.05, 0.1) is 0 Å². The Morgan fingerprint density at radius 2 is 1.91 bits per heavy atom. The highest BCUT2D eigenvalue weighted by atomic mass is 32.1. The molecule has 66 valence electrons. The summed E-state index contributed by atoms with van der Waals surface area (Å²) in [5.74, 6) is 0. The van der Waals surface area contributed by atoms with Gasteiger partial charge >= 0.3 is 5.11 Å².